The van der Waals surface area contributed by atoms with Crippen LogP contribution >= 0.6 is 15.9 Å². The Morgan fingerprint density at radius 1 is 1.44 bits per heavy atom. The van der Waals surface area contributed by atoms with Gasteiger partial charge in [0.25, 0.3) is 5.56 Å². The van der Waals surface area contributed by atoms with Crippen molar-refractivity contribution in [3.63, 3.8) is 0 Å². The van der Waals surface area contributed by atoms with E-state index in [2.05, 4.69) is 25.9 Å². The number of nitrogens with zero attached hydrogens (tertiary/aromatic N) is 1. The van der Waals surface area contributed by atoms with Gasteiger partial charge >= 0.3 is 0 Å². The Morgan fingerprint density at radius 3 is 2.89 bits per heavy atom. The molecule has 1 aromatic heterocycles. The van der Waals surface area contributed by atoms with Crippen molar-refractivity contribution in [3.05, 3.63) is 44.8 Å². The summed E-state index contributed by atoms with van der Waals surface area (Å²) in [6.45, 7) is 1.96. The minimum absolute atomic E-state index is 0.167. The second-order valence-electron chi connectivity index (χ2n) is 3.76. The third-order valence-corrected chi connectivity index (χ3v) is 3.43. The van der Waals surface area contributed by atoms with Gasteiger partial charge in [-0.05, 0) is 34.5 Å². The van der Waals surface area contributed by atoms with Gasteiger partial charge in [-0.3, -0.25) is 4.79 Å². The molecule has 1 N–H and O–H groups in total. The number of ether oxygens (including phenoxy) is 1. The van der Waals surface area contributed by atoms with Gasteiger partial charge in [0, 0.05) is 5.56 Å². The van der Waals surface area contributed by atoms with Crippen LogP contribution in [0, 0.1) is 0 Å². The first-order chi connectivity index (χ1) is 8.65. The molecule has 0 amide bonds. The van der Waals surface area contributed by atoms with Crippen LogP contribution in [-0.4, -0.2) is 17.1 Å². The van der Waals surface area contributed by atoms with Crippen molar-refractivity contribution in [2.24, 2.45) is 0 Å². The molecule has 0 radical (unpaired) electrons. The van der Waals surface area contributed by atoms with Crippen LogP contribution in [0.5, 0.6) is 5.75 Å². The fourth-order valence-corrected chi connectivity index (χ4v) is 2.11. The lowest BCUT2D eigenvalue weighted by Gasteiger charge is -2.06. The van der Waals surface area contributed by atoms with Crippen molar-refractivity contribution in [1.82, 2.24) is 9.97 Å². The van der Waals surface area contributed by atoms with Gasteiger partial charge in [-0.15, -0.1) is 0 Å². The van der Waals surface area contributed by atoms with E-state index in [4.69, 9.17) is 4.74 Å². The van der Waals surface area contributed by atoms with E-state index < -0.39 is 0 Å². The van der Waals surface area contributed by atoms with Crippen LogP contribution < -0.4 is 10.3 Å². The van der Waals surface area contributed by atoms with E-state index in [1.54, 1.807) is 7.11 Å². The fraction of sp³-hybridized carbons (Fsp3) is 0.231. The van der Waals surface area contributed by atoms with Gasteiger partial charge in [0.1, 0.15) is 16.0 Å². The molecule has 0 atom stereocenters. The molecule has 0 fully saturated rings. The summed E-state index contributed by atoms with van der Waals surface area (Å²) >= 11 is 3.24. The number of hydrogen-bond acceptors (Lipinski definition) is 3. The van der Waals surface area contributed by atoms with Gasteiger partial charge in [-0.1, -0.05) is 19.1 Å². The van der Waals surface area contributed by atoms with Crippen LogP contribution in [0.3, 0.4) is 0 Å². The Hall–Kier alpha value is -1.62. The molecule has 2 rings (SSSR count). The average Bonchev–Trinajstić information content (AvgIpc) is 2.41. The van der Waals surface area contributed by atoms with Gasteiger partial charge in [-0.2, -0.15) is 0 Å². The molecular formula is C13H13BrN2O2. The lowest BCUT2D eigenvalue weighted by molar-refractivity contribution is 0.415. The topological polar surface area (TPSA) is 55.0 Å². The largest absolute Gasteiger partial charge is 0.497 e. The second kappa shape index (κ2) is 5.35. The van der Waals surface area contributed by atoms with E-state index in [-0.39, 0.29) is 5.56 Å². The number of H-pyrrole nitrogens is 1. The van der Waals surface area contributed by atoms with Crippen molar-refractivity contribution in [2.75, 3.05) is 7.11 Å². The van der Waals surface area contributed by atoms with Gasteiger partial charge in [0.15, 0.2) is 0 Å². The van der Waals surface area contributed by atoms with Crippen molar-refractivity contribution >= 4 is 15.9 Å². The van der Waals surface area contributed by atoms with E-state index in [9.17, 15) is 4.79 Å². The van der Waals surface area contributed by atoms with Crippen molar-refractivity contribution < 1.29 is 4.74 Å². The first-order valence-corrected chi connectivity index (χ1v) is 6.38. The first kappa shape index (κ1) is 12.8. The predicted octanol–water partition coefficient (Wildman–Crippen LogP) is 2.77. The van der Waals surface area contributed by atoms with Crippen LogP contribution in [-0.2, 0) is 6.42 Å². The number of rotatable bonds is 3. The number of aromatic nitrogens is 2. The molecule has 5 heteroatoms. The Balaban J connectivity index is 2.57. The Kier molecular flexibility index (Phi) is 3.81. The molecule has 94 valence electrons. The van der Waals surface area contributed by atoms with Crippen LogP contribution in [0.25, 0.3) is 11.4 Å². The molecule has 0 unspecified atom stereocenters. The highest BCUT2D eigenvalue weighted by atomic mass is 79.9. The number of methoxy groups -OCH3 is 1. The van der Waals surface area contributed by atoms with E-state index in [0.29, 0.717) is 16.7 Å². The summed E-state index contributed by atoms with van der Waals surface area (Å²) in [5.74, 6) is 1.29. The van der Waals surface area contributed by atoms with E-state index >= 15 is 0 Å². The van der Waals surface area contributed by atoms with Crippen LogP contribution in [0.15, 0.2) is 33.5 Å². The smallest absolute Gasteiger partial charge is 0.265 e. The van der Waals surface area contributed by atoms with Crippen molar-refractivity contribution in [3.8, 4) is 17.1 Å². The van der Waals surface area contributed by atoms with Crippen molar-refractivity contribution in [2.45, 2.75) is 13.3 Å². The molecule has 0 saturated heterocycles. The summed E-state index contributed by atoms with van der Waals surface area (Å²) in [6.07, 6.45) is 0.696. The van der Waals surface area contributed by atoms with Gasteiger partial charge in [0.05, 0.1) is 12.8 Å². The summed E-state index contributed by atoms with van der Waals surface area (Å²) in [4.78, 5) is 19.0. The summed E-state index contributed by atoms with van der Waals surface area (Å²) in [6, 6.07) is 7.43. The fourth-order valence-electron chi connectivity index (χ4n) is 1.65. The number of nitrogens with one attached hydrogen (secondary N) is 1. The van der Waals surface area contributed by atoms with Crippen LogP contribution in [0.2, 0.25) is 0 Å². The molecule has 0 bridgehead atoms. The van der Waals surface area contributed by atoms with E-state index in [1.165, 1.54) is 0 Å². The van der Waals surface area contributed by atoms with Crippen LogP contribution in [0.4, 0.5) is 0 Å². The zero-order valence-corrected chi connectivity index (χ0v) is 11.7. The molecule has 2 aromatic rings. The lowest BCUT2D eigenvalue weighted by Crippen LogP contribution is -2.13. The number of hydrogen-bond donors (Lipinski definition) is 1. The van der Waals surface area contributed by atoms with Gasteiger partial charge < -0.3 is 9.72 Å². The van der Waals surface area contributed by atoms with E-state index in [0.717, 1.165) is 17.0 Å². The summed E-state index contributed by atoms with van der Waals surface area (Å²) in [5.41, 5.74) is 1.41. The zero-order valence-electron chi connectivity index (χ0n) is 10.2. The lowest BCUT2D eigenvalue weighted by atomic mass is 10.2. The molecule has 0 aliphatic carbocycles. The van der Waals surface area contributed by atoms with Crippen LogP contribution in [0.1, 0.15) is 12.6 Å². The number of benzene rings is 1. The molecule has 1 aromatic carbocycles. The maximum Gasteiger partial charge on any atom is 0.265 e. The molecule has 0 saturated carbocycles. The molecular weight excluding hydrogens is 296 g/mol. The Morgan fingerprint density at radius 2 is 2.22 bits per heavy atom. The maximum atomic E-state index is 11.8. The number of aromatic amines is 1. The standard InChI is InChI=1S/C13H13BrN2O2/c1-3-10-11(14)13(17)16-12(15-10)8-5-4-6-9(7-8)18-2/h4-7H,3H2,1-2H3,(H,15,16,17). The third-order valence-electron chi connectivity index (χ3n) is 2.61. The number of halogens is 1. The Bertz CT molecular complexity index is 623. The zero-order chi connectivity index (χ0) is 13.1. The monoisotopic (exact) mass is 308 g/mol. The molecule has 0 aliphatic heterocycles. The quantitative estimate of drug-likeness (QED) is 0.948. The molecule has 0 spiro atoms. The molecule has 4 nitrogen and oxygen atoms in total. The molecule has 0 aliphatic rings. The minimum atomic E-state index is -0.167. The van der Waals surface area contributed by atoms with E-state index in [1.807, 2.05) is 31.2 Å². The highest BCUT2D eigenvalue weighted by Gasteiger charge is 2.09. The third kappa shape index (κ3) is 2.46. The summed E-state index contributed by atoms with van der Waals surface area (Å²) in [5, 5.41) is 0. The summed E-state index contributed by atoms with van der Waals surface area (Å²) in [7, 11) is 1.61. The molecule has 18 heavy (non-hydrogen) atoms. The highest BCUT2D eigenvalue weighted by Crippen LogP contribution is 2.21. The van der Waals surface area contributed by atoms with Crippen molar-refractivity contribution in [1.29, 1.82) is 0 Å². The number of aryl methyl sites for hydroxylation is 1. The molecule has 1 heterocycles. The van der Waals surface area contributed by atoms with Gasteiger partial charge in [0.2, 0.25) is 0 Å². The average molecular weight is 309 g/mol. The summed E-state index contributed by atoms with van der Waals surface area (Å²) < 4.78 is 5.65. The minimum Gasteiger partial charge on any atom is -0.497 e. The Labute approximate surface area is 113 Å². The second-order valence-corrected chi connectivity index (χ2v) is 4.55. The SMILES string of the molecule is CCc1nc(-c2cccc(OC)c2)[nH]c(=O)c1Br. The van der Waals surface area contributed by atoms with Gasteiger partial charge in [-0.25, -0.2) is 4.98 Å². The predicted molar refractivity (Wildman–Crippen MR) is 73.9 cm³/mol. The maximum absolute atomic E-state index is 11.8. The first-order valence-electron chi connectivity index (χ1n) is 5.58. The highest BCUT2D eigenvalue weighted by molar-refractivity contribution is 9.10. The normalized spacial score (nSPS) is 10.4.